The number of benzene rings is 1. The molecule has 0 aliphatic carbocycles. The number of hydrogen-bond acceptors (Lipinski definition) is 3. The van der Waals surface area contributed by atoms with E-state index in [0.717, 1.165) is 25.0 Å². The minimum Gasteiger partial charge on any atom is -0.478 e. The highest BCUT2D eigenvalue weighted by Gasteiger charge is 2.16. The Hall–Kier alpha value is -2.15. The van der Waals surface area contributed by atoms with E-state index in [1.807, 2.05) is 6.92 Å². The van der Waals surface area contributed by atoms with Gasteiger partial charge in [0.1, 0.15) is 5.82 Å². The van der Waals surface area contributed by atoms with Crippen LogP contribution in [-0.2, 0) is 4.74 Å². The van der Waals surface area contributed by atoms with Gasteiger partial charge in [0.05, 0.1) is 23.9 Å². The van der Waals surface area contributed by atoms with Crippen LogP contribution >= 0.6 is 0 Å². The predicted molar refractivity (Wildman–Crippen MR) is 76.1 cm³/mol. The van der Waals surface area contributed by atoms with Crippen molar-refractivity contribution in [2.45, 2.75) is 25.8 Å². The Morgan fingerprint density at radius 3 is 2.71 bits per heavy atom. The number of aromatic carboxylic acids is 1. The number of carboxylic acids is 1. The third-order valence-electron chi connectivity index (χ3n) is 2.80. The number of methoxy groups -OCH3 is 1. The molecule has 1 atom stereocenters. The summed E-state index contributed by atoms with van der Waals surface area (Å²) in [7, 11) is 1.53. The number of ether oxygens (including phenoxy) is 1. The molecule has 1 rings (SSSR count). The van der Waals surface area contributed by atoms with Gasteiger partial charge in [-0.1, -0.05) is 13.3 Å². The van der Waals surface area contributed by atoms with Gasteiger partial charge in [0, 0.05) is 7.11 Å². The number of anilines is 1. The van der Waals surface area contributed by atoms with E-state index in [1.54, 1.807) is 0 Å². The number of nitrogens with one attached hydrogen (secondary N) is 2. The molecule has 3 N–H and O–H groups in total. The topological polar surface area (TPSA) is 87.7 Å². The molecule has 0 aliphatic heterocycles. The molecule has 0 aromatic heterocycles. The maximum atomic E-state index is 13.0. The van der Waals surface area contributed by atoms with E-state index in [9.17, 15) is 14.0 Å². The first-order valence-electron chi connectivity index (χ1n) is 6.57. The number of carboxylic acid groups (broad SMARTS) is 1. The summed E-state index contributed by atoms with van der Waals surface area (Å²) in [6.07, 6.45) is 1.60. The van der Waals surface area contributed by atoms with Crippen LogP contribution in [0.3, 0.4) is 0 Å². The number of hydrogen-bond donors (Lipinski definition) is 3. The van der Waals surface area contributed by atoms with Crippen LogP contribution in [0.5, 0.6) is 0 Å². The molecule has 1 unspecified atom stereocenters. The van der Waals surface area contributed by atoms with Gasteiger partial charge in [-0.05, 0) is 24.6 Å². The Labute approximate surface area is 122 Å². The lowest BCUT2D eigenvalue weighted by molar-refractivity contribution is 0.0697. The molecule has 0 saturated carbocycles. The van der Waals surface area contributed by atoms with Crippen LogP contribution in [0.2, 0.25) is 0 Å². The molecule has 116 valence electrons. The van der Waals surface area contributed by atoms with Crippen LogP contribution in [0.15, 0.2) is 18.2 Å². The van der Waals surface area contributed by atoms with Crippen LogP contribution in [0.25, 0.3) is 0 Å². The van der Waals surface area contributed by atoms with Gasteiger partial charge in [-0.15, -0.1) is 0 Å². The Morgan fingerprint density at radius 2 is 2.14 bits per heavy atom. The zero-order valence-corrected chi connectivity index (χ0v) is 12.0. The number of rotatable bonds is 7. The van der Waals surface area contributed by atoms with Crippen LogP contribution < -0.4 is 10.6 Å². The van der Waals surface area contributed by atoms with Crippen molar-refractivity contribution in [3.8, 4) is 0 Å². The molecule has 0 aliphatic rings. The minimum atomic E-state index is -1.31. The largest absolute Gasteiger partial charge is 0.478 e. The quantitative estimate of drug-likeness (QED) is 0.721. The minimum absolute atomic E-state index is 0.0362. The van der Waals surface area contributed by atoms with Crippen molar-refractivity contribution in [2.24, 2.45) is 0 Å². The number of halogens is 1. The number of carbonyl (C=O) groups is 2. The summed E-state index contributed by atoms with van der Waals surface area (Å²) in [5, 5.41) is 14.1. The third-order valence-corrected chi connectivity index (χ3v) is 2.80. The van der Waals surface area contributed by atoms with Crippen molar-refractivity contribution in [1.29, 1.82) is 0 Å². The van der Waals surface area contributed by atoms with E-state index in [2.05, 4.69) is 10.6 Å². The average molecular weight is 298 g/mol. The van der Waals surface area contributed by atoms with Gasteiger partial charge >= 0.3 is 12.0 Å². The molecular weight excluding hydrogens is 279 g/mol. The molecule has 6 nitrogen and oxygen atoms in total. The maximum Gasteiger partial charge on any atom is 0.337 e. The van der Waals surface area contributed by atoms with E-state index in [0.29, 0.717) is 6.61 Å². The number of amides is 2. The van der Waals surface area contributed by atoms with Gasteiger partial charge in [-0.3, -0.25) is 0 Å². The standard InChI is InChI=1S/C14H19FN2O4/c1-3-4-10(8-21-2)16-14(20)17-12-6-5-9(15)7-11(12)13(18)19/h5-7,10H,3-4,8H2,1-2H3,(H,18,19)(H2,16,17,20). The molecule has 7 heteroatoms. The zero-order valence-electron chi connectivity index (χ0n) is 12.0. The second kappa shape index (κ2) is 8.21. The lowest BCUT2D eigenvalue weighted by atomic mass is 10.1. The van der Waals surface area contributed by atoms with E-state index >= 15 is 0 Å². The van der Waals surface area contributed by atoms with Crippen molar-refractivity contribution < 1.29 is 23.8 Å². The number of urea groups is 1. The molecule has 0 saturated heterocycles. The van der Waals surface area contributed by atoms with Crippen molar-refractivity contribution >= 4 is 17.7 Å². The summed E-state index contributed by atoms with van der Waals surface area (Å²) in [5.41, 5.74) is -0.266. The molecule has 0 bridgehead atoms. The molecule has 2 amide bonds. The summed E-state index contributed by atoms with van der Waals surface area (Å²) in [5.74, 6) is -1.99. The highest BCUT2D eigenvalue weighted by molar-refractivity contribution is 6.00. The lowest BCUT2D eigenvalue weighted by Gasteiger charge is -2.18. The molecule has 0 spiro atoms. The normalized spacial score (nSPS) is 11.8. The highest BCUT2D eigenvalue weighted by atomic mass is 19.1. The Balaban J connectivity index is 2.76. The smallest absolute Gasteiger partial charge is 0.337 e. The van der Waals surface area contributed by atoms with Crippen molar-refractivity contribution in [3.05, 3.63) is 29.6 Å². The fourth-order valence-electron chi connectivity index (χ4n) is 1.89. The van der Waals surface area contributed by atoms with Gasteiger partial charge in [-0.2, -0.15) is 0 Å². The Morgan fingerprint density at radius 1 is 1.43 bits per heavy atom. The molecule has 0 fully saturated rings. The summed E-state index contributed by atoms with van der Waals surface area (Å²) in [6.45, 7) is 2.33. The van der Waals surface area contributed by atoms with Gasteiger partial charge in [0.2, 0.25) is 0 Å². The van der Waals surface area contributed by atoms with Crippen molar-refractivity contribution in [3.63, 3.8) is 0 Å². The van der Waals surface area contributed by atoms with E-state index < -0.39 is 17.8 Å². The van der Waals surface area contributed by atoms with Crippen molar-refractivity contribution in [2.75, 3.05) is 19.0 Å². The van der Waals surface area contributed by atoms with Crippen LogP contribution in [0.1, 0.15) is 30.1 Å². The highest BCUT2D eigenvalue weighted by Crippen LogP contribution is 2.17. The molecule has 21 heavy (non-hydrogen) atoms. The first-order valence-corrected chi connectivity index (χ1v) is 6.57. The van der Waals surface area contributed by atoms with Crippen LogP contribution in [-0.4, -0.2) is 36.9 Å². The molecular formula is C14H19FN2O4. The SMILES string of the molecule is CCCC(COC)NC(=O)Nc1ccc(F)cc1C(=O)O. The van der Waals surface area contributed by atoms with Gasteiger partial charge in [0.25, 0.3) is 0 Å². The third kappa shape index (κ3) is 5.39. The van der Waals surface area contributed by atoms with E-state index in [1.165, 1.54) is 13.2 Å². The summed E-state index contributed by atoms with van der Waals surface area (Å²) in [6, 6.07) is 2.43. The lowest BCUT2D eigenvalue weighted by Crippen LogP contribution is -2.40. The number of carbonyl (C=O) groups excluding carboxylic acids is 1. The van der Waals surface area contributed by atoms with Gasteiger partial charge in [-0.25, -0.2) is 14.0 Å². The monoisotopic (exact) mass is 298 g/mol. The van der Waals surface area contributed by atoms with Gasteiger partial charge in [0.15, 0.2) is 0 Å². The zero-order chi connectivity index (χ0) is 15.8. The molecule has 1 aromatic carbocycles. The first kappa shape index (κ1) is 16.9. The first-order chi connectivity index (χ1) is 9.97. The van der Waals surface area contributed by atoms with E-state index in [4.69, 9.17) is 9.84 Å². The van der Waals surface area contributed by atoms with Gasteiger partial charge < -0.3 is 20.5 Å². The second-order valence-electron chi connectivity index (χ2n) is 4.53. The molecule has 1 aromatic rings. The van der Waals surface area contributed by atoms with Crippen LogP contribution in [0.4, 0.5) is 14.9 Å². The maximum absolute atomic E-state index is 13.0. The van der Waals surface area contributed by atoms with E-state index in [-0.39, 0.29) is 17.3 Å². The summed E-state index contributed by atoms with van der Waals surface area (Å²) in [4.78, 5) is 22.9. The van der Waals surface area contributed by atoms with Crippen molar-refractivity contribution in [1.82, 2.24) is 5.32 Å². The Kier molecular flexibility index (Phi) is 6.61. The van der Waals surface area contributed by atoms with Crippen LogP contribution in [0, 0.1) is 5.82 Å². The summed E-state index contributed by atoms with van der Waals surface area (Å²) >= 11 is 0. The average Bonchev–Trinajstić information content (AvgIpc) is 2.41. The molecule has 0 radical (unpaired) electrons. The molecule has 0 heterocycles. The fraction of sp³-hybridized carbons (Fsp3) is 0.429. The second-order valence-corrected chi connectivity index (χ2v) is 4.53. The fourth-order valence-corrected chi connectivity index (χ4v) is 1.89. The Bertz CT molecular complexity index is 502. The predicted octanol–water partition coefficient (Wildman–Crippen LogP) is 2.46. The summed E-state index contributed by atoms with van der Waals surface area (Å²) < 4.78 is 18.0.